The molecule has 0 rings (SSSR count). The number of carboxylic acid groups (broad SMARTS) is 1. The van der Waals surface area contributed by atoms with Crippen LogP contribution >= 0.6 is 0 Å². The topological polar surface area (TPSA) is 83.8 Å². The average molecular weight is 204 g/mol. The molecule has 0 spiro atoms. The summed E-state index contributed by atoms with van der Waals surface area (Å²) >= 11 is 0. The summed E-state index contributed by atoms with van der Waals surface area (Å²) in [6.45, 7) is 4.51. The van der Waals surface area contributed by atoms with E-state index in [2.05, 4.69) is 4.74 Å². The van der Waals surface area contributed by atoms with Crippen LogP contribution in [0.5, 0.6) is 0 Å². The third-order valence-electron chi connectivity index (χ3n) is 2.01. The Morgan fingerprint density at radius 3 is 2.21 bits per heavy atom. The number of rotatable bonds is 5. The molecular weight excluding hydrogens is 188 g/mol. The number of carbonyl (C=O) groups is 2. The normalized spacial score (nSPS) is 16.9. The molecule has 0 aromatic heterocycles. The molecule has 5 heteroatoms. The van der Waals surface area contributed by atoms with Gasteiger partial charge in [-0.25, -0.2) is 4.79 Å². The molecule has 0 fully saturated rings. The number of carbonyl (C=O) groups excluding carboxylic acids is 1. The minimum absolute atomic E-state index is 0.428. The summed E-state index contributed by atoms with van der Waals surface area (Å²) in [5.41, 5.74) is 0. The Labute approximate surface area is 82.7 Å². The lowest BCUT2D eigenvalue weighted by molar-refractivity contribution is -0.167. The molecule has 0 heterocycles. The van der Waals surface area contributed by atoms with Crippen LogP contribution in [0, 0.1) is 5.92 Å². The summed E-state index contributed by atoms with van der Waals surface area (Å²) < 4.78 is 4.60. The largest absolute Gasteiger partial charge is 0.479 e. The van der Waals surface area contributed by atoms with E-state index in [-0.39, 0.29) is 0 Å². The maximum atomic E-state index is 11.2. The Morgan fingerprint density at radius 2 is 1.86 bits per heavy atom. The summed E-state index contributed by atoms with van der Waals surface area (Å²) in [6, 6.07) is 0. The second-order valence-electron chi connectivity index (χ2n) is 3.18. The van der Waals surface area contributed by atoms with Gasteiger partial charge >= 0.3 is 11.9 Å². The first kappa shape index (κ1) is 12.9. The van der Waals surface area contributed by atoms with Crippen molar-refractivity contribution in [1.82, 2.24) is 0 Å². The smallest absolute Gasteiger partial charge is 0.344 e. The number of aliphatic hydroxyl groups is 1. The van der Waals surface area contributed by atoms with Crippen molar-refractivity contribution < 1.29 is 24.5 Å². The molecule has 0 aromatic carbocycles. The first-order valence-electron chi connectivity index (χ1n) is 4.51. The van der Waals surface area contributed by atoms with E-state index in [4.69, 9.17) is 5.11 Å². The van der Waals surface area contributed by atoms with Crippen molar-refractivity contribution in [3.05, 3.63) is 0 Å². The van der Waals surface area contributed by atoms with Crippen LogP contribution in [0.1, 0.15) is 27.2 Å². The summed E-state index contributed by atoms with van der Waals surface area (Å²) in [5.74, 6) is -2.58. The molecule has 0 aliphatic carbocycles. The lowest BCUT2D eigenvalue weighted by atomic mass is 10.0. The molecule has 5 nitrogen and oxygen atoms in total. The van der Waals surface area contributed by atoms with E-state index in [1.165, 1.54) is 13.8 Å². The van der Waals surface area contributed by atoms with Gasteiger partial charge in [0.05, 0.1) is 12.0 Å². The number of esters is 1. The van der Waals surface area contributed by atoms with Gasteiger partial charge in [0, 0.05) is 0 Å². The third kappa shape index (κ3) is 3.74. The Kier molecular flexibility index (Phi) is 5.15. The highest BCUT2D eigenvalue weighted by atomic mass is 16.6. The molecule has 0 radical (unpaired) electrons. The molecule has 3 unspecified atom stereocenters. The van der Waals surface area contributed by atoms with E-state index >= 15 is 0 Å². The lowest BCUT2D eigenvalue weighted by Crippen LogP contribution is -2.32. The SMILES string of the molecule is CCC(O)C(C)C(=O)OC(C)C(=O)O. The fraction of sp³-hybridized carbons (Fsp3) is 0.778. The molecule has 82 valence electrons. The van der Waals surface area contributed by atoms with Gasteiger partial charge in [-0.1, -0.05) is 6.92 Å². The first-order chi connectivity index (χ1) is 6.40. The van der Waals surface area contributed by atoms with E-state index in [0.29, 0.717) is 6.42 Å². The predicted octanol–water partition coefficient (Wildman–Crippen LogP) is 0.410. The Hall–Kier alpha value is -1.10. The highest BCUT2D eigenvalue weighted by molar-refractivity contribution is 5.78. The number of aliphatic carboxylic acids is 1. The molecule has 14 heavy (non-hydrogen) atoms. The van der Waals surface area contributed by atoms with Crippen molar-refractivity contribution in [2.24, 2.45) is 5.92 Å². The van der Waals surface area contributed by atoms with Crippen molar-refractivity contribution in [1.29, 1.82) is 0 Å². The molecule has 3 atom stereocenters. The molecule has 0 bridgehead atoms. The van der Waals surface area contributed by atoms with Gasteiger partial charge in [0.2, 0.25) is 0 Å². The maximum absolute atomic E-state index is 11.2. The maximum Gasteiger partial charge on any atom is 0.344 e. The molecule has 0 saturated carbocycles. The third-order valence-corrected chi connectivity index (χ3v) is 2.01. The second kappa shape index (κ2) is 5.59. The van der Waals surface area contributed by atoms with Gasteiger partial charge in [-0.3, -0.25) is 4.79 Å². The number of carboxylic acids is 1. The zero-order valence-corrected chi connectivity index (χ0v) is 8.56. The van der Waals surface area contributed by atoms with Crippen LogP contribution in [0.4, 0.5) is 0 Å². The second-order valence-corrected chi connectivity index (χ2v) is 3.18. The average Bonchev–Trinajstić information content (AvgIpc) is 2.14. The minimum atomic E-state index is -1.20. The summed E-state index contributed by atoms with van der Waals surface area (Å²) in [5, 5.41) is 17.8. The molecule has 2 N–H and O–H groups in total. The van der Waals surface area contributed by atoms with Crippen molar-refractivity contribution in [3.63, 3.8) is 0 Å². The zero-order chi connectivity index (χ0) is 11.3. The number of ether oxygens (including phenoxy) is 1. The molecule has 0 aromatic rings. The monoisotopic (exact) mass is 204 g/mol. The highest BCUT2D eigenvalue weighted by Gasteiger charge is 2.25. The Bertz CT molecular complexity index is 213. The molecule has 0 aliphatic heterocycles. The quantitative estimate of drug-likeness (QED) is 0.633. The van der Waals surface area contributed by atoms with Crippen molar-refractivity contribution >= 4 is 11.9 Å². The highest BCUT2D eigenvalue weighted by Crippen LogP contribution is 2.10. The standard InChI is InChI=1S/C9H16O5/c1-4-7(10)5(2)9(13)14-6(3)8(11)12/h5-7,10H,4H2,1-3H3,(H,11,12). The van der Waals surface area contributed by atoms with Gasteiger partial charge < -0.3 is 14.9 Å². The molecule has 0 aliphatic rings. The van der Waals surface area contributed by atoms with Crippen LogP contribution in [-0.4, -0.2) is 34.4 Å². The van der Waals surface area contributed by atoms with Crippen molar-refractivity contribution in [3.8, 4) is 0 Å². The van der Waals surface area contributed by atoms with E-state index in [1.54, 1.807) is 6.92 Å². The van der Waals surface area contributed by atoms with E-state index < -0.39 is 30.1 Å². The van der Waals surface area contributed by atoms with Gasteiger partial charge in [0.1, 0.15) is 0 Å². The minimum Gasteiger partial charge on any atom is -0.479 e. The van der Waals surface area contributed by atoms with E-state index in [1.807, 2.05) is 0 Å². The fourth-order valence-corrected chi connectivity index (χ4v) is 0.843. The van der Waals surface area contributed by atoms with Crippen LogP contribution < -0.4 is 0 Å². The summed E-state index contributed by atoms with van der Waals surface area (Å²) in [6.07, 6.45) is -1.53. The zero-order valence-electron chi connectivity index (χ0n) is 8.56. The predicted molar refractivity (Wildman–Crippen MR) is 48.7 cm³/mol. The first-order valence-corrected chi connectivity index (χ1v) is 4.51. The van der Waals surface area contributed by atoms with Crippen LogP contribution in [-0.2, 0) is 14.3 Å². The van der Waals surface area contributed by atoms with Gasteiger partial charge in [-0.05, 0) is 20.3 Å². The number of hydrogen-bond acceptors (Lipinski definition) is 4. The van der Waals surface area contributed by atoms with E-state index in [0.717, 1.165) is 0 Å². The van der Waals surface area contributed by atoms with Crippen LogP contribution in [0.2, 0.25) is 0 Å². The molecular formula is C9H16O5. The Morgan fingerprint density at radius 1 is 1.36 bits per heavy atom. The fourth-order valence-electron chi connectivity index (χ4n) is 0.843. The van der Waals surface area contributed by atoms with E-state index in [9.17, 15) is 14.7 Å². The van der Waals surface area contributed by atoms with Gasteiger partial charge in [0.25, 0.3) is 0 Å². The van der Waals surface area contributed by atoms with Crippen molar-refractivity contribution in [2.45, 2.75) is 39.4 Å². The summed E-state index contributed by atoms with van der Waals surface area (Å²) in [4.78, 5) is 21.6. The van der Waals surface area contributed by atoms with Gasteiger partial charge in [0.15, 0.2) is 6.10 Å². The number of hydrogen-bond donors (Lipinski definition) is 2. The van der Waals surface area contributed by atoms with Crippen LogP contribution in [0.15, 0.2) is 0 Å². The van der Waals surface area contributed by atoms with Crippen molar-refractivity contribution in [2.75, 3.05) is 0 Å². The lowest BCUT2D eigenvalue weighted by Gasteiger charge is -2.17. The summed E-state index contributed by atoms with van der Waals surface area (Å²) in [7, 11) is 0. The van der Waals surface area contributed by atoms with Gasteiger partial charge in [-0.15, -0.1) is 0 Å². The molecule has 0 saturated heterocycles. The van der Waals surface area contributed by atoms with Crippen LogP contribution in [0.25, 0.3) is 0 Å². The Balaban J connectivity index is 4.14. The number of aliphatic hydroxyl groups excluding tert-OH is 1. The molecule has 0 amide bonds. The van der Waals surface area contributed by atoms with Crippen LogP contribution in [0.3, 0.4) is 0 Å². The van der Waals surface area contributed by atoms with Gasteiger partial charge in [-0.2, -0.15) is 0 Å².